The Kier molecular flexibility index (Phi) is 4.05. The third-order valence-corrected chi connectivity index (χ3v) is 5.84. The summed E-state index contributed by atoms with van der Waals surface area (Å²) in [6.45, 7) is 2.61. The number of aromatic amines is 1. The van der Waals surface area contributed by atoms with E-state index in [1.54, 1.807) is 0 Å². The molecule has 1 amide bonds. The monoisotopic (exact) mass is 377 g/mol. The van der Waals surface area contributed by atoms with Crippen molar-refractivity contribution in [3.05, 3.63) is 41.2 Å². The Morgan fingerprint density at radius 1 is 1.21 bits per heavy atom. The molecule has 0 radical (unpaired) electrons. The van der Waals surface area contributed by atoms with Gasteiger partial charge in [0.15, 0.2) is 0 Å². The number of benzene rings is 1. The van der Waals surface area contributed by atoms with Crippen molar-refractivity contribution in [1.82, 2.24) is 20.3 Å². The number of anilines is 1. The summed E-state index contributed by atoms with van der Waals surface area (Å²) in [5.41, 5.74) is 5.94. The number of H-pyrrole nitrogens is 1. The minimum Gasteiger partial charge on any atom is -0.394 e. The number of hydrogen-bond acceptors (Lipinski definition) is 5. The van der Waals surface area contributed by atoms with Gasteiger partial charge in [0.2, 0.25) is 0 Å². The van der Waals surface area contributed by atoms with E-state index >= 15 is 0 Å². The summed E-state index contributed by atoms with van der Waals surface area (Å²) in [5, 5.41) is 16.2. The van der Waals surface area contributed by atoms with Gasteiger partial charge in [-0.05, 0) is 31.9 Å². The van der Waals surface area contributed by atoms with Crippen molar-refractivity contribution in [3.63, 3.8) is 0 Å². The molecule has 2 atom stereocenters. The average molecular weight is 377 g/mol. The van der Waals surface area contributed by atoms with Gasteiger partial charge in [-0.15, -0.1) is 0 Å². The van der Waals surface area contributed by atoms with Gasteiger partial charge in [-0.2, -0.15) is 0 Å². The standard InChI is InChI=1S/C21H23N5O2/c1-11-20-24-13(10-27)5-2-4-12-9-22-21(28)15-8-17(25-18(12)15)14-6-3-7-16(23-11)19(14)26-20/h3,6-8,12-13,25,27H,2,4-5,9-10H2,1H3,(H,22,28)(H,24,26)/t12-,13+/m0/s1. The van der Waals surface area contributed by atoms with Crippen LogP contribution in [-0.2, 0) is 0 Å². The van der Waals surface area contributed by atoms with Crippen LogP contribution >= 0.6 is 0 Å². The van der Waals surface area contributed by atoms with Gasteiger partial charge in [-0.3, -0.25) is 4.79 Å². The van der Waals surface area contributed by atoms with E-state index in [9.17, 15) is 9.90 Å². The Morgan fingerprint density at radius 2 is 2.11 bits per heavy atom. The Bertz CT molecular complexity index is 1070. The van der Waals surface area contributed by atoms with Crippen molar-refractivity contribution < 1.29 is 9.90 Å². The maximum absolute atomic E-state index is 12.4. The third-order valence-electron chi connectivity index (χ3n) is 5.84. The highest BCUT2D eigenvalue weighted by molar-refractivity contribution is 6.00. The predicted molar refractivity (Wildman–Crippen MR) is 107 cm³/mol. The molecular formula is C21H23N5O2. The molecule has 144 valence electrons. The molecule has 0 saturated carbocycles. The molecule has 0 fully saturated rings. The normalized spacial score (nSPS) is 21.4. The van der Waals surface area contributed by atoms with Gasteiger partial charge in [0.1, 0.15) is 11.3 Å². The van der Waals surface area contributed by atoms with Crippen LogP contribution in [0.3, 0.4) is 0 Å². The smallest absolute Gasteiger partial charge is 0.253 e. The summed E-state index contributed by atoms with van der Waals surface area (Å²) in [5.74, 6) is 0.918. The van der Waals surface area contributed by atoms with Crippen molar-refractivity contribution >= 4 is 22.8 Å². The van der Waals surface area contributed by atoms with Crippen LogP contribution in [0.2, 0.25) is 0 Å². The Labute approximate surface area is 162 Å². The van der Waals surface area contributed by atoms with Crippen molar-refractivity contribution in [3.8, 4) is 11.3 Å². The molecule has 5 rings (SSSR count). The van der Waals surface area contributed by atoms with E-state index in [1.807, 2.05) is 31.2 Å². The van der Waals surface area contributed by atoms with E-state index in [4.69, 9.17) is 9.97 Å². The summed E-state index contributed by atoms with van der Waals surface area (Å²) in [6, 6.07) is 7.77. The molecule has 2 aliphatic heterocycles. The minimum atomic E-state index is -0.0747. The predicted octanol–water partition coefficient (Wildman–Crippen LogP) is 2.72. The van der Waals surface area contributed by atoms with E-state index < -0.39 is 0 Å². The van der Waals surface area contributed by atoms with Crippen LogP contribution in [0.4, 0.5) is 5.82 Å². The topological polar surface area (TPSA) is 103 Å². The van der Waals surface area contributed by atoms with E-state index in [0.29, 0.717) is 12.4 Å². The maximum Gasteiger partial charge on any atom is 0.253 e. The first-order valence-corrected chi connectivity index (χ1v) is 9.80. The molecule has 0 aliphatic carbocycles. The van der Waals surface area contributed by atoms with Crippen molar-refractivity contribution in [1.29, 1.82) is 0 Å². The summed E-state index contributed by atoms with van der Waals surface area (Å²) in [4.78, 5) is 25.5. The molecule has 3 aromatic rings. The zero-order valence-corrected chi connectivity index (χ0v) is 15.7. The molecule has 7 nitrogen and oxygen atoms in total. The first kappa shape index (κ1) is 17.2. The summed E-state index contributed by atoms with van der Waals surface area (Å²) >= 11 is 0. The zero-order valence-electron chi connectivity index (χ0n) is 15.7. The molecule has 4 N–H and O–H groups in total. The third kappa shape index (κ3) is 2.74. The summed E-state index contributed by atoms with van der Waals surface area (Å²) < 4.78 is 0. The Balaban J connectivity index is 1.75. The van der Waals surface area contributed by atoms with E-state index in [1.165, 1.54) is 0 Å². The fourth-order valence-corrected chi connectivity index (χ4v) is 4.32. The molecule has 4 heterocycles. The Morgan fingerprint density at radius 3 is 2.96 bits per heavy atom. The van der Waals surface area contributed by atoms with E-state index in [2.05, 4.69) is 15.6 Å². The second kappa shape index (κ2) is 6.60. The number of nitrogens with one attached hydrogen (secondary N) is 3. The van der Waals surface area contributed by atoms with Crippen LogP contribution in [0, 0.1) is 6.92 Å². The second-order valence-corrected chi connectivity index (χ2v) is 7.70. The molecule has 0 saturated heterocycles. The van der Waals surface area contributed by atoms with Gasteiger partial charge in [-0.1, -0.05) is 18.6 Å². The number of carbonyl (C=O) groups is 1. The number of fused-ring (bicyclic) bond motifs is 3. The van der Waals surface area contributed by atoms with Gasteiger partial charge >= 0.3 is 0 Å². The molecule has 1 aromatic carbocycles. The first-order chi connectivity index (χ1) is 13.6. The van der Waals surface area contributed by atoms with Crippen molar-refractivity contribution in [2.24, 2.45) is 0 Å². The summed E-state index contributed by atoms with van der Waals surface area (Å²) in [7, 11) is 0. The molecule has 0 spiro atoms. The summed E-state index contributed by atoms with van der Waals surface area (Å²) in [6.07, 6.45) is 2.71. The van der Waals surface area contributed by atoms with Gasteiger partial charge in [-0.25, -0.2) is 9.97 Å². The molecule has 4 bridgehead atoms. The van der Waals surface area contributed by atoms with E-state index in [-0.39, 0.29) is 24.5 Å². The number of rotatable bonds is 1. The number of carbonyl (C=O) groups excluding carboxylic acids is 1. The second-order valence-electron chi connectivity index (χ2n) is 7.70. The van der Waals surface area contributed by atoms with Crippen LogP contribution in [0.5, 0.6) is 0 Å². The largest absolute Gasteiger partial charge is 0.394 e. The number of nitrogens with zero attached hydrogens (tertiary/aromatic N) is 2. The lowest BCUT2D eigenvalue weighted by Crippen LogP contribution is -2.34. The van der Waals surface area contributed by atoms with Crippen molar-refractivity contribution in [2.45, 2.75) is 38.1 Å². The van der Waals surface area contributed by atoms with Crippen LogP contribution in [0.15, 0.2) is 24.3 Å². The number of aryl methyl sites for hydroxylation is 1. The average Bonchev–Trinajstić information content (AvgIpc) is 3.14. The highest BCUT2D eigenvalue weighted by Crippen LogP contribution is 2.35. The van der Waals surface area contributed by atoms with Gasteiger partial charge in [0.05, 0.1) is 29.4 Å². The lowest BCUT2D eigenvalue weighted by molar-refractivity contribution is 0.0939. The number of hydrogen-bond donors (Lipinski definition) is 4. The van der Waals surface area contributed by atoms with Crippen LogP contribution in [0.1, 0.15) is 46.9 Å². The molecule has 28 heavy (non-hydrogen) atoms. The number of aliphatic hydroxyl groups excluding tert-OH is 1. The molecule has 7 heteroatoms. The van der Waals surface area contributed by atoms with Gasteiger partial charge in [0, 0.05) is 29.4 Å². The lowest BCUT2D eigenvalue weighted by atomic mass is 9.91. The number of aliphatic hydroxyl groups is 1. The van der Waals surface area contributed by atoms with Gasteiger partial charge in [0.25, 0.3) is 5.91 Å². The van der Waals surface area contributed by atoms with Crippen LogP contribution < -0.4 is 10.6 Å². The molecular weight excluding hydrogens is 354 g/mol. The molecule has 2 aromatic heterocycles. The minimum absolute atomic E-state index is 0.0291. The van der Waals surface area contributed by atoms with E-state index in [0.717, 1.165) is 58.5 Å². The van der Waals surface area contributed by atoms with Crippen LogP contribution in [0.25, 0.3) is 22.3 Å². The first-order valence-electron chi connectivity index (χ1n) is 9.80. The maximum atomic E-state index is 12.4. The van der Waals surface area contributed by atoms with Crippen LogP contribution in [-0.4, -0.2) is 45.2 Å². The fourth-order valence-electron chi connectivity index (χ4n) is 4.32. The lowest BCUT2D eigenvalue weighted by Gasteiger charge is -2.24. The highest BCUT2D eigenvalue weighted by Gasteiger charge is 2.29. The highest BCUT2D eigenvalue weighted by atomic mass is 16.3. The fraction of sp³-hybridized carbons (Fsp3) is 0.381. The molecule has 2 aliphatic rings. The Hall–Kier alpha value is -2.93. The quantitative estimate of drug-likeness (QED) is 0.522. The van der Waals surface area contributed by atoms with Crippen molar-refractivity contribution in [2.75, 3.05) is 18.5 Å². The molecule has 0 unspecified atom stereocenters. The number of aromatic nitrogens is 3. The SMILES string of the molecule is Cc1nc2cccc3c2nc1N[C@@H](CO)CCC[C@H]1CNC(=O)c2cc-3[nH]c21. The van der Waals surface area contributed by atoms with Gasteiger partial charge < -0.3 is 20.7 Å². The number of para-hydroxylation sites is 1. The zero-order chi connectivity index (χ0) is 19.3. The number of amides is 1.